The van der Waals surface area contributed by atoms with Crippen LogP contribution in [0.25, 0.3) is 11.5 Å². The number of nitrogens with zero attached hydrogens (tertiary/aromatic N) is 4. The van der Waals surface area contributed by atoms with E-state index in [0.717, 1.165) is 11.3 Å². The van der Waals surface area contributed by atoms with E-state index in [0.29, 0.717) is 26.3 Å². The Labute approximate surface area is 140 Å². The lowest BCUT2D eigenvalue weighted by Crippen LogP contribution is -1.95. The van der Waals surface area contributed by atoms with Gasteiger partial charge in [0.25, 0.3) is 0 Å². The van der Waals surface area contributed by atoms with Gasteiger partial charge in [-0.3, -0.25) is 5.10 Å². The lowest BCUT2D eigenvalue weighted by molar-refractivity contribution is 0.865. The molecule has 3 aromatic rings. The van der Waals surface area contributed by atoms with Crippen LogP contribution >= 0.6 is 35.4 Å². The number of H-pyrrole nitrogens is 2. The number of aryl methyl sites for hydroxylation is 1. The fourth-order valence-corrected chi connectivity index (χ4v) is 2.30. The predicted molar refractivity (Wildman–Crippen MR) is 89.2 cm³/mol. The predicted octanol–water partition coefficient (Wildman–Crippen LogP) is 3.83. The van der Waals surface area contributed by atoms with E-state index in [-0.39, 0.29) is 0 Å². The Balaban J connectivity index is 1.98. The minimum absolute atomic E-state index is 0.368. The minimum Gasteiger partial charge on any atom is -0.282 e. The molecule has 3 rings (SSSR count). The molecule has 112 valence electrons. The summed E-state index contributed by atoms with van der Waals surface area (Å²) in [7, 11) is 0. The van der Waals surface area contributed by atoms with Gasteiger partial charge in [-0.25, -0.2) is 5.10 Å². The van der Waals surface area contributed by atoms with Gasteiger partial charge in [0.1, 0.15) is 5.69 Å². The topological polar surface area (TPSA) is 74.7 Å². The highest BCUT2D eigenvalue weighted by Gasteiger charge is 2.11. The summed E-state index contributed by atoms with van der Waals surface area (Å²) in [5.41, 5.74) is 2.36. The average Bonchev–Trinajstić information content (AvgIpc) is 3.06. The summed E-state index contributed by atoms with van der Waals surface area (Å²) in [6.45, 7) is 1.90. The smallest absolute Gasteiger partial charge is 0.216 e. The third-order valence-corrected chi connectivity index (χ3v) is 3.85. The number of nitrogens with one attached hydrogen (secondary N) is 2. The third kappa shape index (κ3) is 2.96. The fraction of sp³-hybridized carbons (Fsp3) is 0.0769. The van der Waals surface area contributed by atoms with Crippen molar-refractivity contribution < 1.29 is 0 Å². The van der Waals surface area contributed by atoms with Crippen LogP contribution in [-0.2, 0) is 0 Å². The number of halogens is 2. The number of hydrogen-bond donors (Lipinski definition) is 2. The summed E-state index contributed by atoms with van der Waals surface area (Å²) < 4.78 is 1.86. The van der Waals surface area contributed by atoms with Gasteiger partial charge in [-0.1, -0.05) is 29.3 Å². The lowest BCUT2D eigenvalue weighted by Gasteiger charge is -1.99. The Bertz CT molecular complexity index is 907. The summed E-state index contributed by atoms with van der Waals surface area (Å²) in [5, 5.41) is 19.1. The highest BCUT2D eigenvalue weighted by molar-refractivity contribution is 7.71. The van der Waals surface area contributed by atoms with Crippen molar-refractivity contribution in [2.45, 2.75) is 6.92 Å². The highest BCUT2D eigenvalue weighted by atomic mass is 35.5. The molecule has 2 aromatic heterocycles. The average molecular weight is 353 g/mol. The monoisotopic (exact) mass is 352 g/mol. The Morgan fingerprint density at radius 3 is 2.68 bits per heavy atom. The molecule has 0 radical (unpaired) electrons. The van der Waals surface area contributed by atoms with Crippen LogP contribution in [0.2, 0.25) is 10.0 Å². The van der Waals surface area contributed by atoms with Crippen molar-refractivity contribution >= 4 is 41.6 Å². The standard InChI is InChI=1S/C13H10Cl2N6S/c1-7-4-11(18-17-7)12-19-20-13(22)21(12)16-6-8-2-3-9(14)10(15)5-8/h2-6H,1H3,(H,17,18)(H,20,22)/b16-6-. The number of aromatic nitrogens is 5. The lowest BCUT2D eigenvalue weighted by atomic mass is 10.2. The first-order valence-corrected chi connectivity index (χ1v) is 7.40. The van der Waals surface area contributed by atoms with Gasteiger partial charge in [0.2, 0.25) is 10.6 Å². The van der Waals surface area contributed by atoms with Gasteiger partial charge in [-0.2, -0.15) is 20.0 Å². The maximum absolute atomic E-state index is 5.98. The fourth-order valence-electron chi connectivity index (χ4n) is 1.81. The van der Waals surface area contributed by atoms with Crippen molar-refractivity contribution in [1.82, 2.24) is 25.1 Å². The molecule has 0 unspecified atom stereocenters. The van der Waals surface area contributed by atoms with E-state index in [1.807, 2.05) is 13.0 Å². The van der Waals surface area contributed by atoms with Gasteiger partial charge >= 0.3 is 0 Å². The number of hydrogen-bond acceptors (Lipinski definition) is 4. The summed E-state index contributed by atoms with van der Waals surface area (Å²) in [5.74, 6) is 0.519. The molecule has 0 saturated carbocycles. The third-order valence-electron chi connectivity index (χ3n) is 2.85. The molecule has 1 aromatic carbocycles. The Kier molecular flexibility index (Phi) is 4.10. The molecule has 0 saturated heterocycles. The molecular formula is C13H10Cl2N6S. The summed E-state index contributed by atoms with van der Waals surface area (Å²) in [6.07, 6.45) is 1.62. The van der Waals surface area contributed by atoms with Crippen molar-refractivity contribution in [3.63, 3.8) is 0 Å². The molecule has 0 amide bonds. The second kappa shape index (κ2) is 6.04. The first kappa shape index (κ1) is 15.0. The SMILES string of the molecule is Cc1cc(-c2n[nH]c(=S)n2/N=C\c2ccc(Cl)c(Cl)c2)n[nH]1. The van der Waals surface area contributed by atoms with Crippen LogP contribution < -0.4 is 0 Å². The number of aromatic amines is 2. The van der Waals surface area contributed by atoms with Crippen molar-refractivity contribution in [2.75, 3.05) is 0 Å². The van der Waals surface area contributed by atoms with Crippen LogP contribution in [-0.4, -0.2) is 31.3 Å². The van der Waals surface area contributed by atoms with Crippen LogP contribution in [0.4, 0.5) is 0 Å². The van der Waals surface area contributed by atoms with E-state index in [1.54, 1.807) is 24.4 Å². The van der Waals surface area contributed by atoms with Gasteiger partial charge < -0.3 is 0 Å². The largest absolute Gasteiger partial charge is 0.282 e. The highest BCUT2D eigenvalue weighted by Crippen LogP contribution is 2.22. The van der Waals surface area contributed by atoms with Crippen molar-refractivity contribution in [3.05, 3.63) is 50.3 Å². The quantitative estimate of drug-likeness (QED) is 0.555. The molecule has 0 aliphatic carbocycles. The number of benzene rings is 1. The zero-order valence-corrected chi connectivity index (χ0v) is 13.7. The molecule has 0 spiro atoms. The van der Waals surface area contributed by atoms with Gasteiger partial charge in [-0.15, -0.1) is 0 Å². The maximum Gasteiger partial charge on any atom is 0.216 e. The van der Waals surface area contributed by atoms with Gasteiger partial charge in [0.15, 0.2) is 0 Å². The second-order valence-electron chi connectivity index (χ2n) is 4.52. The molecule has 22 heavy (non-hydrogen) atoms. The maximum atomic E-state index is 5.98. The van der Waals surface area contributed by atoms with Gasteiger partial charge in [-0.05, 0) is 42.9 Å². The summed E-state index contributed by atoms with van der Waals surface area (Å²) >= 11 is 17.1. The first-order valence-electron chi connectivity index (χ1n) is 6.24. The zero-order valence-electron chi connectivity index (χ0n) is 11.3. The molecule has 0 bridgehead atoms. The van der Waals surface area contributed by atoms with Crippen LogP contribution in [0.3, 0.4) is 0 Å². The van der Waals surface area contributed by atoms with E-state index in [4.69, 9.17) is 35.4 Å². The molecule has 9 heteroatoms. The molecule has 0 aliphatic heterocycles. The molecule has 0 atom stereocenters. The molecule has 2 heterocycles. The van der Waals surface area contributed by atoms with Crippen molar-refractivity contribution in [3.8, 4) is 11.5 Å². The van der Waals surface area contributed by atoms with E-state index in [2.05, 4.69) is 25.5 Å². The van der Waals surface area contributed by atoms with Crippen LogP contribution in [0.5, 0.6) is 0 Å². The minimum atomic E-state index is 0.368. The van der Waals surface area contributed by atoms with E-state index in [9.17, 15) is 0 Å². The molecule has 0 aliphatic rings. The van der Waals surface area contributed by atoms with Gasteiger partial charge in [0.05, 0.1) is 16.3 Å². The van der Waals surface area contributed by atoms with Crippen LogP contribution in [0, 0.1) is 11.7 Å². The van der Waals surface area contributed by atoms with Crippen LogP contribution in [0.15, 0.2) is 29.4 Å². The Hall–Kier alpha value is -1.96. The summed E-state index contributed by atoms with van der Waals surface area (Å²) in [6, 6.07) is 7.09. The number of rotatable bonds is 3. The molecule has 6 nitrogen and oxygen atoms in total. The van der Waals surface area contributed by atoms with E-state index < -0.39 is 0 Å². The van der Waals surface area contributed by atoms with Crippen LogP contribution in [0.1, 0.15) is 11.3 Å². The molecule has 0 fully saturated rings. The van der Waals surface area contributed by atoms with Crippen molar-refractivity contribution in [2.24, 2.45) is 5.10 Å². The summed E-state index contributed by atoms with van der Waals surface area (Å²) in [4.78, 5) is 0. The Morgan fingerprint density at radius 1 is 1.18 bits per heavy atom. The van der Waals surface area contributed by atoms with Gasteiger partial charge in [0, 0.05) is 5.69 Å². The first-order chi connectivity index (χ1) is 10.5. The zero-order chi connectivity index (χ0) is 15.7. The van der Waals surface area contributed by atoms with E-state index in [1.165, 1.54) is 4.68 Å². The van der Waals surface area contributed by atoms with E-state index >= 15 is 0 Å². The van der Waals surface area contributed by atoms with Crippen molar-refractivity contribution in [1.29, 1.82) is 0 Å². The molecular weight excluding hydrogens is 343 g/mol. The molecule has 2 N–H and O–H groups in total. The normalized spacial score (nSPS) is 11.4. The Morgan fingerprint density at radius 2 is 2.00 bits per heavy atom. The second-order valence-corrected chi connectivity index (χ2v) is 5.72.